The summed E-state index contributed by atoms with van der Waals surface area (Å²) < 4.78 is 0. The topological polar surface area (TPSA) is 83.2 Å². The van der Waals surface area contributed by atoms with Crippen molar-refractivity contribution in [2.45, 2.75) is 6.92 Å². The predicted molar refractivity (Wildman–Crippen MR) is 83.7 cm³/mol. The highest BCUT2D eigenvalue weighted by atomic mass is 35.5. The molecule has 0 bridgehead atoms. The third-order valence-electron chi connectivity index (χ3n) is 2.49. The van der Waals surface area contributed by atoms with E-state index < -0.39 is 5.91 Å². The summed E-state index contributed by atoms with van der Waals surface area (Å²) in [5.74, 6) is -0.740. The van der Waals surface area contributed by atoms with Gasteiger partial charge in [-0.1, -0.05) is 36.0 Å². The summed E-state index contributed by atoms with van der Waals surface area (Å²) in [7, 11) is 0. The molecule has 0 aromatic heterocycles. The van der Waals surface area contributed by atoms with Gasteiger partial charge in [-0.25, -0.2) is 0 Å². The van der Waals surface area contributed by atoms with Crippen molar-refractivity contribution < 1.29 is 9.59 Å². The first-order valence-electron chi connectivity index (χ1n) is 5.88. The molecular formula is C13H11ClN4O2S. The quantitative estimate of drug-likeness (QED) is 0.867. The van der Waals surface area contributed by atoms with Crippen LogP contribution in [-0.4, -0.2) is 22.7 Å². The number of nitrogens with zero attached hydrogens (tertiary/aromatic N) is 3. The van der Waals surface area contributed by atoms with Crippen molar-refractivity contribution in [3.05, 3.63) is 41.1 Å². The molecule has 1 heterocycles. The lowest BCUT2D eigenvalue weighted by atomic mass is 10.2. The van der Waals surface area contributed by atoms with Crippen LogP contribution < -0.4 is 5.32 Å². The number of aryl methyl sites for hydroxylation is 1. The summed E-state index contributed by atoms with van der Waals surface area (Å²) in [4.78, 5) is 26.7. The number of thioether (sulfide) groups is 1. The molecule has 0 aliphatic carbocycles. The number of carbonyl (C=O) groups excluding carboxylic acids is 2. The van der Waals surface area contributed by atoms with Gasteiger partial charge in [-0.05, 0) is 24.6 Å². The third-order valence-corrected chi connectivity index (χ3v) is 3.73. The van der Waals surface area contributed by atoms with Gasteiger partial charge in [0, 0.05) is 10.7 Å². The number of azo groups is 1. The molecule has 0 radical (unpaired) electrons. The summed E-state index contributed by atoms with van der Waals surface area (Å²) in [6.07, 6.45) is 0. The number of halogens is 1. The van der Waals surface area contributed by atoms with E-state index in [0.29, 0.717) is 10.7 Å². The first kappa shape index (κ1) is 15.4. The number of anilines is 1. The largest absolute Gasteiger partial charge is 0.325 e. The fourth-order valence-corrected chi connectivity index (χ4v) is 2.14. The summed E-state index contributed by atoms with van der Waals surface area (Å²) in [5.41, 5.74) is 1.52. The Morgan fingerprint density at radius 1 is 1.43 bits per heavy atom. The lowest BCUT2D eigenvalue weighted by Gasteiger charge is -2.07. The minimum atomic E-state index is -0.543. The number of nitrogens with one attached hydrogen (secondary N) is 1. The zero-order valence-corrected chi connectivity index (χ0v) is 12.7. The van der Waals surface area contributed by atoms with E-state index in [1.54, 1.807) is 12.1 Å². The normalized spacial score (nSPS) is 14.1. The van der Waals surface area contributed by atoms with E-state index in [2.05, 4.69) is 27.1 Å². The van der Waals surface area contributed by atoms with E-state index in [0.717, 1.165) is 17.3 Å². The Hall–Kier alpha value is -1.99. The number of carbonyl (C=O) groups is 2. The molecule has 6 nitrogen and oxygen atoms in total. The Morgan fingerprint density at radius 2 is 2.19 bits per heavy atom. The van der Waals surface area contributed by atoms with Crippen molar-refractivity contribution in [3.8, 4) is 0 Å². The molecule has 1 aromatic carbocycles. The van der Waals surface area contributed by atoms with Gasteiger partial charge >= 0.3 is 0 Å². The molecular weight excluding hydrogens is 312 g/mol. The van der Waals surface area contributed by atoms with Crippen LogP contribution in [-0.2, 0) is 9.59 Å². The van der Waals surface area contributed by atoms with Crippen molar-refractivity contribution in [3.63, 3.8) is 0 Å². The standard InChI is InChI=1S/C13H11ClN4O2S/c1-7-3-4-9(5-10(7)14)15-11(19)6-21-13-16-12(20)8(2)17-18-13/h3-5H,2,6H2,1H3,(H,15,19). The maximum absolute atomic E-state index is 11.8. The molecule has 1 aromatic rings. The van der Waals surface area contributed by atoms with Crippen LogP contribution in [0.5, 0.6) is 0 Å². The van der Waals surface area contributed by atoms with Crippen LogP contribution in [0.25, 0.3) is 0 Å². The van der Waals surface area contributed by atoms with Crippen LogP contribution in [0.4, 0.5) is 5.69 Å². The molecule has 8 heteroatoms. The Labute approximate surface area is 130 Å². The summed E-state index contributed by atoms with van der Waals surface area (Å²) in [6, 6.07) is 5.24. The van der Waals surface area contributed by atoms with E-state index >= 15 is 0 Å². The fourth-order valence-electron chi connectivity index (χ4n) is 1.38. The molecule has 0 atom stereocenters. The number of amides is 2. The highest BCUT2D eigenvalue weighted by Gasteiger charge is 2.14. The van der Waals surface area contributed by atoms with Crippen molar-refractivity contribution in [1.82, 2.24) is 0 Å². The summed E-state index contributed by atoms with van der Waals surface area (Å²) in [5, 5.41) is 10.7. The van der Waals surface area contributed by atoms with Gasteiger partial charge in [-0.15, -0.1) is 10.2 Å². The molecule has 1 aliphatic rings. The molecule has 0 saturated carbocycles. The van der Waals surface area contributed by atoms with Crippen LogP contribution in [0.1, 0.15) is 5.56 Å². The molecule has 0 fully saturated rings. The van der Waals surface area contributed by atoms with Crippen molar-refractivity contribution in [1.29, 1.82) is 0 Å². The van der Waals surface area contributed by atoms with Gasteiger partial charge in [0.2, 0.25) is 11.1 Å². The number of benzene rings is 1. The van der Waals surface area contributed by atoms with Gasteiger partial charge in [-0.3, -0.25) is 9.59 Å². The molecule has 2 rings (SSSR count). The molecule has 21 heavy (non-hydrogen) atoms. The first-order valence-corrected chi connectivity index (χ1v) is 7.24. The Balaban J connectivity index is 1.89. The monoisotopic (exact) mass is 322 g/mol. The van der Waals surface area contributed by atoms with Gasteiger partial charge in [-0.2, -0.15) is 4.99 Å². The smallest absolute Gasteiger partial charge is 0.299 e. The number of aliphatic imine (C=N–C) groups is 1. The summed E-state index contributed by atoms with van der Waals surface area (Å²) >= 11 is 7.00. The van der Waals surface area contributed by atoms with Crippen molar-refractivity contribution in [2.24, 2.45) is 15.2 Å². The zero-order valence-electron chi connectivity index (χ0n) is 11.1. The van der Waals surface area contributed by atoms with E-state index in [1.165, 1.54) is 0 Å². The van der Waals surface area contributed by atoms with Gasteiger partial charge in [0.05, 0.1) is 5.75 Å². The molecule has 1 aliphatic heterocycles. The van der Waals surface area contributed by atoms with Crippen LogP contribution >= 0.6 is 23.4 Å². The van der Waals surface area contributed by atoms with Gasteiger partial charge in [0.25, 0.3) is 5.91 Å². The first-order chi connectivity index (χ1) is 9.95. The van der Waals surface area contributed by atoms with Crippen LogP contribution in [0.2, 0.25) is 5.02 Å². The maximum Gasteiger partial charge on any atom is 0.299 e. The Bertz CT molecular complexity index is 685. The number of rotatable bonds is 3. The lowest BCUT2D eigenvalue weighted by molar-refractivity contribution is -0.115. The number of amidine groups is 1. The molecule has 0 spiro atoms. The Morgan fingerprint density at radius 3 is 2.86 bits per heavy atom. The summed E-state index contributed by atoms with van der Waals surface area (Å²) in [6.45, 7) is 5.25. The lowest BCUT2D eigenvalue weighted by Crippen LogP contribution is -2.16. The second-order valence-electron chi connectivity index (χ2n) is 4.15. The predicted octanol–water partition coefficient (Wildman–Crippen LogP) is 3.18. The molecule has 0 unspecified atom stereocenters. The van der Waals surface area contributed by atoms with Crippen LogP contribution in [0, 0.1) is 6.92 Å². The molecule has 1 N–H and O–H groups in total. The SMILES string of the molecule is C=C1N=NC(SCC(=O)Nc2ccc(C)c(Cl)c2)=NC1=O. The number of hydrogen-bond donors (Lipinski definition) is 1. The second kappa shape index (κ2) is 6.64. The average molecular weight is 323 g/mol. The molecule has 0 saturated heterocycles. The average Bonchev–Trinajstić information content (AvgIpc) is 2.44. The molecule has 108 valence electrons. The van der Waals surface area contributed by atoms with Gasteiger partial charge in [0.15, 0.2) is 0 Å². The van der Waals surface area contributed by atoms with Gasteiger partial charge < -0.3 is 5.32 Å². The van der Waals surface area contributed by atoms with Gasteiger partial charge in [0.1, 0.15) is 5.70 Å². The highest BCUT2D eigenvalue weighted by molar-refractivity contribution is 8.14. The van der Waals surface area contributed by atoms with E-state index in [-0.39, 0.29) is 22.5 Å². The van der Waals surface area contributed by atoms with E-state index in [4.69, 9.17) is 11.6 Å². The van der Waals surface area contributed by atoms with E-state index in [1.807, 2.05) is 13.0 Å². The maximum atomic E-state index is 11.8. The van der Waals surface area contributed by atoms with Crippen LogP contribution in [0.15, 0.2) is 45.7 Å². The second-order valence-corrected chi connectivity index (χ2v) is 5.50. The van der Waals surface area contributed by atoms with E-state index in [9.17, 15) is 9.59 Å². The highest BCUT2D eigenvalue weighted by Crippen LogP contribution is 2.20. The third kappa shape index (κ3) is 4.24. The minimum absolute atomic E-state index is 0.0156. The van der Waals surface area contributed by atoms with Crippen LogP contribution in [0.3, 0.4) is 0 Å². The minimum Gasteiger partial charge on any atom is -0.325 e. The molecule has 2 amide bonds. The number of hydrogen-bond acceptors (Lipinski definition) is 5. The van der Waals surface area contributed by atoms with Crippen molar-refractivity contribution in [2.75, 3.05) is 11.1 Å². The van der Waals surface area contributed by atoms with Crippen molar-refractivity contribution >= 4 is 46.0 Å². The Kier molecular flexibility index (Phi) is 4.87. The zero-order chi connectivity index (χ0) is 15.4. The fraction of sp³-hybridized carbons (Fsp3) is 0.154.